The molecule has 138 valence electrons. The maximum atomic E-state index is 6.02. The van der Waals surface area contributed by atoms with Gasteiger partial charge in [-0.1, -0.05) is 6.07 Å². The van der Waals surface area contributed by atoms with Gasteiger partial charge in [0.2, 0.25) is 5.95 Å². The zero-order chi connectivity index (χ0) is 18.4. The fourth-order valence-electron chi connectivity index (χ4n) is 3.17. The normalized spacial score (nSPS) is 15.9. The molecule has 26 heavy (non-hydrogen) atoms. The van der Waals surface area contributed by atoms with Crippen LogP contribution >= 0.6 is 0 Å². The van der Waals surface area contributed by atoms with Crippen molar-refractivity contribution < 1.29 is 0 Å². The average Bonchev–Trinajstić information content (AvgIpc) is 2.62. The van der Waals surface area contributed by atoms with Gasteiger partial charge >= 0.3 is 0 Å². The van der Waals surface area contributed by atoms with Gasteiger partial charge < -0.3 is 16.0 Å². The van der Waals surface area contributed by atoms with Crippen molar-refractivity contribution in [2.24, 2.45) is 10.7 Å². The fraction of sp³-hybridized carbons (Fsp3) is 0.421. The molecule has 1 aliphatic rings. The monoisotopic (exact) mass is 353 g/mol. The number of nitrogens with two attached hydrogens (primary N) is 1. The number of hydrogen-bond donors (Lipinski definition) is 2. The van der Waals surface area contributed by atoms with Gasteiger partial charge in [0.25, 0.3) is 0 Å². The highest BCUT2D eigenvalue weighted by Gasteiger charge is 2.18. The van der Waals surface area contributed by atoms with E-state index >= 15 is 0 Å². The van der Waals surface area contributed by atoms with Crippen molar-refractivity contribution in [2.75, 3.05) is 49.5 Å². The topological polar surface area (TPSA) is 82.7 Å². The predicted octanol–water partition coefficient (Wildman–Crippen LogP) is 1.64. The molecule has 0 amide bonds. The van der Waals surface area contributed by atoms with Gasteiger partial charge in [0, 0.05) is 50.8 Å². The lowest BCUT2D eigenvalue weighted by atomic mass is 10.1. The minimum Gasteiger partial charge on any atom is -0.370 e. The Balaban J connectivity index is 1.42. The van der Waals surface area contributed by atoms with Crippen LogP contribution in [0.4, 0.5) is 11.6 Å². The molecule has 3 rings (SSSR count). The Hall–Kier alpha value is -2.67. The highest BCUT2D eigenvalue weighted by atomic mass is 15.3. The first kappa shape index (κ1) is 18.1. The minimum absolute atomic E-state index is 0.464. The molecule has 0 radical (unpaired) electrons. The van der Waals surface area contributed by atoms with E-state index in [1.807, 2.05) is 6.07 Å². The van der Waals surface area contributed by atoms with Crippen LogP contribution in [0.5, 0.6) is 0 Å². The van der Waals surface area contributed by atoms with Crippen LogP contribution in [0.3, 0.4) is 0 Å². The molecule has 3 N–H and O–H groups in total. The van der Waals surface area contributed by atoms with Crippen molar-refractivity contribution in [3.8, 4) is 0 Å². The quantitative estimate of drug-likeness (QED) is 0.628. The summed E-state index contributed by atoms with van der Waals surface area (Å²) in [6.45, 7) is 9.58. The molecule has 1 fully saturated rings. The number of aliphatic imine (C=N–C) groups is 1. The molecule has 2 heterocycles. The largest absolute Gasteiger partial charge is 0.370 e. The number of aromatic nitrogens is 2. The Morgan fingerprint density at radius 3 is 2.38 bits per heavy atom. The molecule has 1 aromatic heterocycles. The number of guanidine groups is 1. The number of hydrogen-bond acceptors (Lipinski definition) is 5. The van der Waals surface area contributed by atoms with Gasteiger partial charge in [-0.05, 0) is 43.2 Å². The van der Waals surface area contributed by atoms with Gasteiger partial charge in [-0.15, -0.1) is 0 Å². The molecule has 1 aliphatic heterocycles. The second-order valence-corrected chi connectivity index (χ2v) is 6.65. The molecular weight excluding hydrogens is 326 g/mol. The second-order valence-electron chi connectivity index (χ2n) is 6.65. The van der Waals surface area contributed by atoms with Crippen molar-refractivity contribution in [3.63, 3.8) is 0 Å². The third-order valence-electron chi connectivity index (χ3n) is 4.40. The van der Waals surface area contributed by atoms with Crippen molar-refractivity contribution in [1.82, 2.24) is 14.9 Å². The van der Waals surface area contributed by atoms with E-state index in [-0.39, 0.29) is 0 Å². The van der Waals surface area contributed by atoms with Gasteiger partial charge in [-0.25, -0.2) is 9.97 Å². The van der Waals surface area contributed by atoms with Crippen molar-refractivity contribution in [1.29, 1.82) is 0 Å². The van der Waals surface area contributed by atoms with E-state index in [1.54, 1.807) is 12.4 Å². The molecule has 2 aromatic rings. The molecule has 0 aliphatic carbocycles. The molecule has 0 spiro atoms. The maximum Gasteiger partial charge on any atom is 0.225 e. The molecule has 7 nitrogen and oxygen atoms in total. The Bertz CT molecular complexity index is 717. The summed E-state index contributed by atoms with van der Waals surface area (Å²) in [7, 11) is 0. The smallest absolute Gasteiger partial charge is 0.225 e. The van der Waals surface area contributed by atoms with E-state index < -0.39 is 0 Å². The number of nitrogens with one attached hydrogen (secondary N) is 1. The van der Waals surface area contributed by atoms with Crippen LogP contribution < -0.4 is 16.0 Å². The van der Waals surface area contributed by atoms with Crippen LogP contribution in [0.2, 0.25) is 0 Å². The highest BCUT2D eigenvalue weighted by Crippen LogP contribution is 2.13. The Labute approximate surface area is 155 Å². The minimum atomic E-state index is 0.464. The number of rotatable bonds is 5. The van der Waals surface area contributed by atoms with Crippen LogP contribution in [-0.4, -0.2) is 60.1 Å². The molecule has 0 bridgehead atoms. The molecular formula is C19H27N7. The SMILES string of the molecule is Cc1cc(C)cc(NC(N)=NCCN2CCN(c3ncccn3)CC2)c1. The van der Waals surface area contributed by atoms with E-state index in [9.17, 15) is 0 Å². The molecule has 1 saturated heterocycles. The molecule has 0 saturated carbocycles. The van der Waals surface area contributed by atoms with E-state index in [4.69, 9.17) is 5.73 Å². The summed E-state index contributed by atoms with van der Waals surface area (Å²) < 4.78 is 0. The first-order valence-electron chi connectivity index (χ1n) is 9.00. The second kappa shape index (κ2) is 8.62. The van der Waals surface area contributed by atoms with Crippen LogP contribution in [0.25, 0.3) is 0 Å². The number of nitrogens with zero attached hydrogens (tertiary/aromatic N) is 5. The summed E-state index contributed by atoms with van der Waals surface area (Å²) in [5.74, 6) is 1.28. The van der Waals surface area contributed by atoms with Crippen LogP contribution in [0.1, 0.15) is 11.1 Å². The molecule has 1 aromatic carbocycles. The maximum absolute atomic E-state index is 6.02. The van der Waals surface area contributed by atoms with Crippen LogP contribution in [-0.2, 0) is 0 Å². The van der Waals surface area contributed by atoms with Gasteiger partial charge in [-0.3, -0.25) is 9.89 Å². The number of benzene rings is 1. The zero-order valence-corrected chi connectivity index (χ0v) is 15.5. The fourth-order valence-corrected chi connectivity index (χ4v) is 3.17. The zero-order valence-electron chi connectivity index (χ0n) is 15.5. The molecule has 7 heteroatoms. The van der Waals surface area contributed by atoms with Crippen LogP contribution in [0.15, 0.2) is 41.7 Å². The Morgan fingerprint density at radius 1 is 1.08 bits per heavy atom. The van der Waals surface area contributed by atoms with E-state index in [0.29, 0.717) is 12.5 Å². The molecule has 0 unspecified atom stereocenters. The number of piperazine rings is 1. The van der Waals surface area contributed by atoms with Gasteiger partial charge in [-0.2, -0.15) is 0 Å². The summed E-state index contributed by atoms with van der Waals surface area (Å²) in [6.07, 6.45) is 3.57. The summed E-state index contributed by atoms with van der Waals surface area (Å²) in [5, 5.41) is 3.17. The standard InChI is InChI=1S/C19H27N7/c1-15-12-16(2)14-17(13-15)24-18(20)21-6-7-25-8-10-26(11-9-25)19-22-4-3-5-23-19/h3-5,12-14H,6-11H2,1-2H3,(H3,20,21,24). The third kappa shape index (κ3) is 5.16. The van der Waals surface area contributed by atoms with Crippen molar-refractivity contribution in [3.05, 3.63) is 47.8 Å². The summed E-state index contributed by atoms with van der Waals surface area (Å²) in [6, 6.07) is 8.12. The highest BCUT2D eigenvalue weighted by molar-refractivity contribution is 5.92. The number of anilines is 2. The number of aryl methyl sites for hydroxylation is 2. The van der Waals surface area contributed by atoms with Gasteiger partial charge in [0.05, 0.1) is 6.54 Å². The lowest BCUT2D eigenvalue weighted by Gasteiger charge is -2.34. The Morgan fingerprint density at radius 2 is 1.73 bits per heavy atom. The average molecular weight is 353 g/mol. The first-order valence-corrected chi connectivity index (χ1v) is 9.00. The summed E-state index contributed by atoms with van der Waals surface area (Å²) in [5.41, 5.74) is 9.42. The summed E-state index contributed by atoms with van der Waals surface area (Å²) in [4.78, 5) is 17.7. The lowest BCUT2D eigenvalue weighted by Crippen LogP contribution is -2.47. The van der Waals surface area contributed by atoms with Gasteiger partial charge in [0.15, 0.2) is 5.96 Å². The Kier molecular flexibility index (Phi) is 6.01. The lowest BCUT2D eigenvalue weighted by molar-refractivity contribution is 0.264. The van der Waals surface area contributed by atoms with Crippen LogP contribution in [0, 0.1) is 13.8 Å². The van der Waals surface area contributed by atoms with Crippen molar-refractivity contribution >= 4 is 17.6 Å². The van der Waals surface area contributed by atoms with Crippen molar-refractivity contribution in [2.45, 2.75) is 13.8 Å². The van der Waals surface area contributed by atoms with E-state index in [1.165, 1.54) is 11.1 Å². The van der Waals surface area contributed by atoms with E-state index in [0.717, 1.165) is 44.4 Å². The summed E-state index contributed by atoms with van der Waals surface area (Å²) >= 11 is 0. The van der Waals surface area contributed by atoms with E-state index in [2.05, 4.69) is 62.1 Å². The first-order chi connectivity index (χ1) is 12.6. The predicted molar refractivity (Wildman–Crippen MR) is 107 cm³/mol. The molecule has 0 atom stereocenters. The third-order valence-corrected chi connectivity index (χ3v) is 4.40. The van der Waals surface area contributed by atoms with Gasteiger partial charge in [0.1, 0.15) is 0 Å².